The average molecular weight is 264 g/mol. The summed E-state index contributed by atoms with van der Waals surface area (Å²) in [6.07, 6.45) is 1.38. The van der Waals surface area contributed by atoms with E-state index in [0.29, 0.717) is 12.5 Å². The molecule has 106 valence electrons. The first-order valence-corrected chi connectivity index (χ1v) is 6.69. The maximum absolute atomic E-state index is 12.1. The molecule has 19 heavy (non-hydrogen) atoms. The van der Waals surface area contributed by atoms with Gasteiger partial charge in [0.25, 0.3) is 0 Å². The minimum absolute atomic E-state index is 0.107. The number of hydrogen-bond acceptors (Lipinski definition) is 3. The van der Waals surface area contributed by atoms with E-state index in [4.69, 9.17) is 4.74 Å². The Labute approximate surface area is 115 Å². The van der Waals surface area contributed by atoms with Crippen LogP contribution in [0.2, 0.25) is 0 Å². The predicted octanol–water partition coefficient (Wildman–Crippen LogP) is 2.44. The lowest BCUT2D eigenvalue weighted by molar-refractivity contribution is -0.118. The molecule has 1 aromatic rings. The molecule has 0 saturated carbocycles. The van der Waals surface area contributed by atoms with Crippen molar-refractivity contribution in [1.29, 1.82) is 0 Å². The number of carbonyl (C=O) groups is 1. The molecule has 0 radical (unpaired) electrons. The summed E-state index contributed by atoms with van der Waals surface area (Å²) in [5.41, 5.74) is 0.812. The number of ether oxygens (including phenoxy) is 1. The monoisotopic (exact) mass is 264 g/mol. The lowest BCUT2D eigenvalue weighted by atomic mass is 10.2. The third-order valence-corrected chi connectivity index (χ3v) is 2.94. The number of nitrogens with zero attached hydrogens (tertiary/aromatic N) is 1. The van der Waals surface area contributed by atoms with E-state index in [-0.39, 0.29) is 5.91 Å². The lowest BCUT2D eigenvalue weighted by Gasteiger charge is -2.20. The van der Waals surface area contributed by atoms with Crippen molar-refractivity contribution in [3.8, 4) is 5.75 Å². The van der Waals surface area contributed by atoms with Crippen LogP contribution in [-0.4, -0.2) is 32.7 Å². The van der Waals surface area contributed by atoms with Gasteiger partial charge in [0.1, 0.15) is 5.75 Å². The number of methoxy groups -OCH3 is 1. The Hall–Kier alpha value is -1.55. The first kappa shape index (κ1) is 15.5. The van der Waals surface area contributed by atoms with Crippen LogP contribution in [0, 0.1) is 0 Å². The number of amides is 1. The Morgan fingerprint density at radius 1 is 1.37 bits per heavy atom. The Morgan fingerprint density at radius 3 is 2.68 bits per heavy atom. The van der Waals surface area contributed by atoms with Crippen LogP contribution in [0.5, 0.6) is 5.75 Å². The number of rotatable bonds is 7. The fraction of sp³-hybridized carbons (Fsp3) is 0.533. The fourth-order valence-electron chi connectivity index (χ4n) is 1.84. The Bertz CT molecular complexity index is 405. The van der Waals surface area contributed by atoms with Crippen molar-refractivity contribution in [2.75, 3.05) is 25.6 Å². The van der Waals surface area contributed by atoms with Crippen LogP contribution in [0.3, 0.4) is 0 Å². The van der Waals surface area contributed by atoms with E-state index < -0.39 is 0 Å². The molecular weight excluding hydrogens is 240 g/mol. The minimum Gasteiger partial charge on any atom is -0.495 e. The first-order chi connectivity index (χ1) is 9.06. The van der Waals surface area contributed by atoms with E-state index in [0.717, 1.165) is 24.4 Å². The summed E-state index contributed by atoms with van der Waals surface area (Å²) in [4.78, 5) is 13.8. The summed E-state index contributed by atoms with van der Waals surface area (Å²) in [7, 11) is 3.40. The van der Waals surface area contributed by atoms with Crippen LogP contribution >= 0.6 is 0 Å². The fourth-order valence-corrected chi connectivity index (χ4v) is 1.84. The molecular formula is C15H24N2O2. The van der Waals surface area contributed by atoms with E-state index in [1.165, 1.54) is 0 Å². The average Bonchev–Trinajstić information content (AvgIpc) is 2.42. The van der Waals surface area contributed by atoms with E-state index in [1.54, 1.807) is 19.1 Å². The molecule has 0 aliphatic carbocycles. The van der Waals surface area contributed by atoms with Gasteiger partial charge in [0, 0.05) is 19.5 Å². The van der Waals surface area contributed by atoms with E-state index in [9.17, 15) is 4.79 Å². The van der Waals surface area contributed by atoms with Crippen LogP contribution in [0.25, 0.3) is 0 Å². The van der Waals surface area contributed by atoms with E-state index in [2.05, 4.69) is 19.2 Å². The molecule has 0 bridgehead atoms. The van der Waals surface area contributed by atoms with Crippen molar-refractivity contribution >= 4 is 11.6 Å². The van der Waals surface area contributed by atoms with Gasteiger partial charge in [-0.3, -0.25) is 4.79 Å². The highest BCUT2D eigenvalue weighted by Gasteiger charge is 2.14. The summed E-state index contributed by atoms with van der Waals surface area (Å²) in [5, 5.41) is 3.31. The third-order valence-electron chi connectivity index (χ3n) is 2.94. The molecule has 1 N–H and O–H groups in total. The maximum atomic E-state index is 12.1. The molecule has 0 aliphatic heterocycles. The van der Waals surface area contributed by atoms with Crippen molar-refractivity contribution in [1.82, 2.24) is 5.32 Å². The molecule has 0 atom stereocenters. The van der Waals surface area contributed by atoms with Crippen molar-refractivity contribution in [2.24, 2.45) is 0 Å². The molecule has 1 amide bonds. The molecule has 0 aliphatic rings. The molecule has 4 nitrogen and oxygen atoms in total. The van der Waals surface area contributed by atoms with Gasteiger partial charge in [-0.15, -0.1) is 0 Å². The SMILES string of the molecule is COc1ccccc1N(C)C(=O)CCCNC(C)C. The summed E-state index contributed by atoms with van der Waals surface area (Å²) in [6.45, 7) is 5.06. The topological polar surface area (TPSA) is 41.6 Å². The zero-order valence-corrected chi connectivity index (χ0v) is 12.3. The van der Waals surface area contributed by atoms with E-state index in [1.807, 2.05) is 24.3 Å². The molecule has 0 fully saturated rings. The summed E-state index contributed by atoms with van der Waals surface area (Å²) in [6, 6.07) is 8.01. The number of hydrogen-bond donors (Lipinski definition) is 1. The van der Waals surface area contributed by atoms with Crippen molar-refractivity contribution in [3.05, 3.63) is 24.3 Å². The van der Waals surface area contributed by atoms with Gasteiger partial charge in [0.05, 0.1) is 12.8 Å². The van der Waals surface area contributed by atoms with Gasteiger partial charge < -0.3 is 15.0 Å². The second-order valence-electron chi connectivity index (χ2n) is 4.84. The number of carbonyl (C=O) groups excluding carboxylic acids is 1. The molecule has 0 spiro atoms. The predicted molar refractivity (Wildman–Crippen MR) is 78.8 cm³/mol. The molecule has 0 aromatic heterocycles. The highest BCUT2D eigenvalue weighted by molar-refractivity contribution is 5.94. The van der Waals surface area contributed by atoms with Gasteiger partial charge in [0.2, 0.25) is 5.91 Å². The Morgan fingerprint density at radius 2 is 2.05 bits per heavy atom. The molecule has 0 saturated heterocycles. The maximum Gasteiger partial charge on any atom is 0.226 e. The van der Waals surface area contributed by atoms with Gasteiger partial charge in [0.15, 0.2) is 0 Å². The lowest BCUT2D eigenvalue weighted by Crippen LogP contribution is -2.29. The summed E-state index contributed by atoms with van der Waals surface area (Å²) in [5.74, 6) is 0.828. The van der Waals surface area contributed by atoms with Gasteiger partial charge in [-0.05, 0) is 25.1 Å². The van der Waals surface area contributed by atoms with Crippen molar-refractivity contribution < 1.29 is 9.53 Å². The number of nitrogens with one attached hydrogen (secondary N) is 1. The first-order valence-electron chi connectivity index (χ1n) is 6.69. The third kappa shape index (κ3) is 4.91. The van der Waals surface area contributed by atoms with Gasteiger partial charge in [-0.25, -0.2) is 0 Å². The quantitative estimate of drug-likeness (QED) is 0.769. The second kappa shape index (κ2) is 7.79. The van der Waals surface area contributed by atoms with Crippen molar-refractivity contribution in [3.63, 3.8) is 0 Å². The summed E-state index contributed by atoms with van der Waals surface area (Å²) < 4.78 is 5.27. The van der Waals surface area contributed by atoms with Crippen LogP contribution in [0.4, 0.5) is 5.69 Å². The zero-order valence-electron chi connectivity index (χ0n) is 12.3. The Balaban J connectivity index is 2.52. The second-order valence-corrected chi connectivity index (χ2v) is 4.84. The molecule has 0 unspecified atom stereocenters. The molecule has 1 rings (SSSR count). The number of anilines is 1. The minimum atomic E-state index is 0.107. The number of para-hydroxylation sites is 2. The summed E-state index contributed by atoms with van der Waals surface area (Å²) >= 11 is 0. The van der Waals surface area contributed by atoms with Crippen LogP contribution in [0.1, 0.15) is 26.7 Å². The zero-order chi connectivity index (χ0) is 14.3. The molecule has 0 heterocycles. The molecule has 1 aromatic carbocycles. The Kier molecular flexibility index (Phi) is 6.36. The smallest absolute Gasteiger partial charge is 0.226 e. The normalized spacial score (nSPS) is 10.6. The number of benzene rings is 1. The van der Waals surface area contributed by atoms with Gasteiger partial charge in [-0.2, -0.15) is 0 Å². The highest BCUT2D eigenvalue weighted by atomic mass is 16.5. The van der Waals surface area contributed by atoms with Crippen LogP contribution < -0.4 is 15.0 Å². The van der Waals surface area contributed by atoms with Crippen molar-refractivity contribution in [2.45, 2.75) is 32.7 Å². The van der Waals surface area contributed by atoms with Gasteiger partial charge >= 0.3 is 0 Å². The van der Waals surface area contributed by atoms with E-state index >= 15 is 0 Å². The van der Waals surface area contributed by atoms with Crippen LogP contribution in [-0.2, 0) is 4.79 Å². The highest BCUT2D eigenvalue weighted by Crippen LogP contribution is 2.26. The largest absolute Gasteiger partial charge is 0.495 e. The van der Waals surface area contributed by atoms with Crippen LogP contribution in [0.15, 0.2) is 24.3 Å². The standard InChI is InChI=1S/C15H24N2O2/c1-12(2)16-11-7-10-15(18)17(3)13-8-5-6-9-14(13)19-4/h5-6,8-9,12,16H,7,10-11H2,1-4H3. The van der Waals surface area contributed by atoms with Gasteiger partial charge in [-0.1, -0.05) is 26.0 Å². The molecule has 4 heteroatoms.